The van der Waals surface area contributed by atoms with Gasteiger partial charge in [-0.25, -0.2) is 9.79 Å². The molecule has 1 aromatic carbocycles. The molecule has 9 heteroatoms. The lowest BCUT2D eigenvalue weighted by Crippen LogP contribution is -2.39. The van der Waals surface area contributed by atoms with Gasteiger partial charge < -0.3 is 18.8 Å². The van der Waals surface area contributed by atoms with Crippen molar-refractivity contribution in [2.24, 2.45) is 4.99 Å². The Balaban J connectivity index is 1.91. The Morgan fingerprint density at radius 2 is 1.97 bits per heavy atom. The smallest absolute Gasteiger partial charge is 0.338 e. The van der Waals surface area contributed by atoms with Crippen LogP contribution in [-0.4, -0.2) is 38.3 Å². The average molecular weight is 468 g/mol. The number of rotatable bonds is 6. The van der Waals surface area contributed by atoms with E-state index in [1.807, 2.05) is 43.3 Å². The number of carbonyl (C=O) groups excluding carboxylic acids is 1. The zero-order valence-electron chi connectivity index (χ0n) is 19.1. The van der Waals surface area contributed by atoms with Crippen LogP contribution in [0.2, 0.25) is 0 Å². The lowest BCUT2D eigenvalue weighted by molar-refractivity contribution is -0.139. The number of benzene rings is 1. The number of nitrogens with zero attached hydrogens (tertiary/aromatic N) is 3. The second-order valence-corrected chi connectivity index (χ2v) is 8.65. The zero-order valence-corrected chi connectivity index (χ0v) is 19.9. The highest BCUT2D eigenvalue weighted by atomic mass is 32.1. The zero-order chi connectivity index (χ0) is 23.7. The number of esters is 1. The van der Waals surface area contributed by atoms with E-state index in [2.05, 4.69) is 4.99 Å². The van der Waals surface area contributed by atoms with Gasteiger partial charge in [-0.05, 0) is 37.6 Å². The van der Waals surface area contributed by atoms with Gasteiger partial charge in [0, 0.05) is 26.2 Å². The maximum absolute atomic E-state index is 13.5. The van der Waals surface area contributed by atoms with Crippen molar-refractivity contribution in [3.05, 3.63) is 78.7 Å². The van der Waals surface area contributed by atoms with Gasteiger partial charge in [0.1, 0.15) is 11.5 Å². The Bertz CT molecular complexity index is 1390. The lowest BCUT2D eigenvalue weighted by Gasteiger charge is -2.24. The van der Waals surface area contributed by atoms with Crippen molar-refractivity contribution in [2.75, 3.05) is 32.7 Å². The molecule has 0 radical (unpaired) electrons. The van der Waals surface area contributed by atoms with Gasteiger partial charge in [0.2, 0.25) is 0 Å². The number of allylic oxidation sites excluding steroid dienone is 1. The highest BCUT2D eigenvalue weighted by Crippen LogP contribution is 2.31. The van der Waals surface area contributed by atoms with E-state index in [-0.39, 0.29) is 12.2 Å². The molecule has 0 aliphatic carbocycles. The first-order chi connectivity index (χ1) is 15.8. The Morgan fingerprint density at radius 1 is 1.24 bits per heavy atom. The van der Waals surface area contributed by atoms with Crippen LogP contribution in [0.4, 0.5) is 5.88 Å². The Kier molecular flexibility index (Phi) is 6.24. The molecule has 1 aliphatic rings. The maximum atomic E-state index is 13.5. The normalized spacial score (nSPS) is 15.8. The van der Waals surface area contributed by atoms with Crippen LogP contribution in [0.3, 0.4) is 0 Å². The molecule has 0 saturated carbocycles. The quantitative estimate of drug-likeness (QED) is 0.518. The Morgan fingerprint density at radius 3 is 2.58 bits per heavy atom. The molecule has 0 bridgehead atoms. The largest absolute Gasteiger partial charge is 0.497 e. The first-order valence-electron chi connectivity index (χ1n) is 10.4. The molecule has 0 unspecified atom stereocenters. The summed E-state index contributed by atoms with van der Waals surface area (Å²) in [4.78, 5) is 33.4. The number of aromatic nitrogens is 1. The second-order valence-electron chi connectivity index (χ2n) is 7.65. The molecule has 1 aliphatic heterocycles. The minimum absolute atomic E-state index is 0.224. The summed E-state index contributed by atoms with van der Waals surface area (Å²) in [5.74, 6) is 1.44. The van der Waals surface area contributed by atoms with Gasteiger partial charge in [-0.3, -0.25) is 9.36 Å². The van der Waals surface area contributed by atoms with Crippen LogP contribution in [0.5, 0.6) is 5.75 Å². The van der Waals surface area contributed by atoms with Crippen molar-refractivity contribution in [3.63, 3.8) is 0 Å². The fourth-order valence-electron chi connectivity index (χ4n) is 3.68. The third kappa shape index (κ3) is 4.23. The number of furan rings is 1. The summed E-state index contributed by atoms with van der Waals surface area (Å²) in [7, 11) is 5.35. The monoisotopic (exact) mass is 467 g/mol. The van der Waals surface area contributed by atoms with E-state index in [9.17, 15) is 9.59 Å². The summed E-state index contributed by atoms with van der Waals surface area (Å²) < 4.78 is 18.4. The van der Waals surface area contributed by atoms with Gasteiger partial charge in [-0.15, -0.1) is 0 Å². The van der Waals surface area contributed by atoms with Gasteiger partial charge in [0.15, 0.2) is 10.7 Å². The number of thiazole rings is 1. The van der Waals surface area contributed by atoms with Crippen molar-refractivity contribution in [3.8, 4) is 5.75 Å². The van der Waals surface area contributed by atoms with E-state index >= 15 is 0 Å². The SMILES string of the molecule is CCOC(=O)C1=C(C)N=c2s/c(=C\c3ccc(N(C)C)o3)c(=O)n2[C@H]1c1ccc(OC)cc1. The summed E-state index contributed by atoms with van der Waals surface area (Å²) >= 11 is 1.26. The number of fused-ring (bicyclic) bond motifs is 1. The molecule has 0 spiro atoms. The van der Waals surface area contributed by atoms with Crippen LogP contribution in [-0.2, 0) is 9.53 Å². The summed E-state index contributed by atoms with van der Waals surface area (Å²) in [5.41, 5.74) is 1.37. The molecule has 0 fully saturated rings. The fourth-order valence-corrected chi connectivity index (χ4v) is 4.71. The Hall–Kier alpha value is -3.59. The predicted octanol–water partition coefficient (Wildman–Crippen LogP) is 2.47. The van der Waals surface area contributed by atoms with Gasteiger partial charge in [-0.1, -0.05) is 23.5 Å². The average Bonchev–Trinajstić information content (AvgIpc) is 3.38. The number of anilines is 1. The fraction of sp³-hybridized carbons (Fsp3) is 0.292. The van der Waals surface area contributed by atoms with Gasteiger partial charge in [0.05, 0.1) is 35.6 Å². The predicted molar refractivity (Wildman–Crippen MR) is 126 cm³/mol. The molecular formula is C24H25N3O5S. The topological polar surface area (TPSA) is 86.3 Å². The van der Waals surface area contributed by atoms with Crippen LogP contribution < -0.4 is 24.5 Å². The van der Waals surface area contributed by atoms with Gasteiger partial charge in [0.25, 0.3) is 5.56 Å². The minimum atomic E-state index is -0.665. The van der Waals surface area contributed by atoms with Crippen molar-refractivity contribution >= 4 is 29.3 Å². The molecule has 172 valence electrons. The molecule has 3 aromatic rings. The van der Waals surface area contributed by atoms with Gasteiger partial charge in [-0.2, -0.15) is 0 Å². The molecule has 0 amide bonds. The lowest BCUT2D eigenvalue weighted by atomic mass is 9.96. The molecule has 4 rings (SSSR count). The molecular weight excluding hydrogens is 442 g/mol. The maximum Gasteiger partial charge on any atom is 0.338 e. The third-order valence-electron chi connectivity index (χ3n) is 5.28. The molecule has 33 heavy (non-hydrogen) atoms. The summed E-state index contributed by atoms with van der Waals surface area (Å²) in [6.45, 7) is 3.73. The van der Waals surface area contributed by atoms with E-state index < -0.39 is 12.0 Å². The van der Waals surface area contributed by atoms with Crippen LogP contribution in [0.25, 0.3) is 6.08 Å². The van der Waals surface area contributed by atoms with Gasteiger partial charge >= 0.3 is 5.97 Å². The van der Waals surface area contributed by atoms with Crippen LogP contribution in [0, 0.1) is 0 Å². The summed E-state index contributed by atoms with van der Waals surface area (Å²) in [6, 6.07) is 10.3. The number of hydrogen-bond donors (Lipinski definition) is 0. The number of hydrogen-bond acceptors (Lipinski definition) is 8. The molecule has 3 heterocycles. The van der Waals surface area contributed by atoms with E-state index in [4.69, 9.17) is 13.9 Å². The molecule has 0 saturated heterocycles. The van der Waals surface area contributed by atoms with Crippen LogP contribution >= 0.6 is 11.3 Å². The third-order valence-corrected chi connectivity index (χ3v) is 6.26. The minimum Gasteiger partial charge on any atom is -0.497 e. The first-order valence-corrected chi connectivity index (χ1v) is 11.3. The highest BCUT2D eigenvalue weighted by Gasteiger charge is 2.33. The number of carbonyl (C=O) groups is 1. The molecule has 1 atom stereocenters. The Labute approximate surface area is 194 Å². The number of methoxy groups -OCH3 is 1. The molecule has 2 aromatic heterocycles. The highest BCUT2D eigenvalue weighted by molar-refractivity contribution is 7.07. The molecule has 0 N–H and O–H groups in total. The van der Waals surface area contributed by atoms with Crippen molar-refractivity contribution < 1.29 is 18.7 Å². The molecule has 8 nitrogen and oxygen atoms in total. The standard InChI is InChI=1S/C24H25N3O5S/c1-6-31-23(29)20-14(2)25-24-27(21(20)15-7-9-16(30-5)10-8-15)22(28)18(33-24)13-17-11-12-19(32-17)26(3)4/h7-13,21H,6H2,1-5H3/b18-13-/t21-/m0/s1. The van der Waals surface area contributed by atoms with E-state index in [1.165, 1.54) is 11.3 Å². The van der Waals surface area contributed by atoms with Crippen LogP contribution in [0.15, 0.2) is 61.9 Å². The van der Waals surface area contributed by atoms with Crippen LogP contribution in [0.1, 0.15) is 31.2 Å². The van der Waals surface area contributed by atoms with Crippen molar-refractivity contribution in [2.45, 2.75) is 19.9 Å². The summed E-state index contributed by atoms with van der Waals surface area (Å²) in [5, 5.41) is 0. The first kappa shape index (κ1) is 22.6. The summed E-state index contributed by atoms with van der Waals surface area (Å²) in [6.07, 6.45) is 1.70. The van der Waals surface area contributed by atoms with E-state index in [0.29, 0.717) is 38.0 Å². The van der Waals surface area contributed by atoms with E-state index in [0.717, 1.165) is 5.56 Å². The van der Waals surface area contributed by atoms with Crippen molar-refractivity contribution in [1.29, 1.82) is 0 Å². The van der Waals surface area contributed by atoms with E-state index in [1.54, 1.807) is 43.7 Å². The second kappa shape index (κ2) is 9.11. The van der Waals surface area contributed by atoms with Crippen molar-refractivity contribution in [1.82, 2.24) is 4.57 Å². The number of ether oxygens (including phenoxy) is 2.